The van der Waals surface area contributed by atoms with Crippen molar-refractivity contribution in [1.82, 2.24) is 19.6 Å². The molecule has 28 heavy (non-hydrogen) atoms. The number of anilines is 1. The molecule has 1 amide bonds. The Hall–Kier alpha value is -3.29. The van der Waals surface area contributed by atoms with E-state index in [1.165, 1.54) is 6.33 Å². The van der Waals surface area contributed by atoms with Crippen LogP contribution in [0.5, 0.6) is 0 Å². The first-order valence-corrected chi connectivity index (χ1v) is 8.99. The fraction of sp³-hybridized carbons (Fsp3) is 0.350. The highest BCUT2D eigenvalue weighted by molar-refractivity contribution is 5.95. The number of ether oxygens (including phenoxy) is 1. The van der Waals surface area contributed by atoms with E-state index in [9.17, 15) is 9.59 Å². The second-order valence-electron chi connectivity index (χ2n) is 6.85. The lowest BCUT2D eigenvalue weighted by Gasteiger charge is -2.16. The van der Waals surface area contributed by atoms with Crippen LogP contribution in [0.1, 0.15) is 35.0 Å². The molecule has 146 valence electrons. The second kappa shape index (κ2) is 7.75. The topological polar surface area (TPSA) is 98.5 Å². The maximum absolute atomic E-state index is 12.4. The summed E-state index contributed by atoms with van der Waals surface area (Å²) in [5, 5.41) is 6.92. The molecular weight excluding hydrogens is 358 g/mol. The Morgan fingerprint density at radius 2 is 1.96 bits per heavy atom. The molecule has 0 spiro atoms. The molecule has 3 rings (SSSR count). The van der Waals surface area contributed by atoms with Crippen molar-refractivity contribution in [3.63, 3.8) is 0 Å². The van der Waals surface area contributed by atoms with Crippen LogP contribution in [0.2, 0.25) is 0 Å². The van der Waals surface area contributed by atoms with Crippen molar-refractivity contribution < 1.29 is 14.3 Å². The third kappa shape index (κ3) is 4.00. The smallest absolute Gasteiger partial charge is 0.311 e. The number of aryl methyl sites for hydroxylation is 4. The third-order valence-electron chi connectivity index (χ3n) is 4.64. The fourth-order valence-corrected chi connectivity index (χ4v) is 2.95. The maximum atomic E-state index is 12.4. The van der Waals surface area contributed by atoms with Crippen molar-refractivity contribution in [3.05, 3.63) is 52.6 Å². The molecule has 1 N–H and O–H groups in total. The molecule has 1 atom stereocenters. The molecule has 0 saturated heterocycles. The molecule has 1 aromatic carbocycles. The Kier molecular flexibility index (Phi) is 5.39. The number of carbonyl (C=O) groups excluding carboxylic acids is 2. The molecule has 8 nitrogen and oxygen atoms in total. The summed E-state index contributed by atoms with van der Waals surface area (Å²) in [6.07, 6.45) is 0.495. The lowest BCUT2D eigenvalue weighted by Crippen LogP contribution is -2.31. The molecule has 3 aromatic rings. The zero-order valence-corrected chi connectivity index (χ0v) is 16.6. The molecule has 0 aliphatic heterocycles. The van der Waals surface area contributed by atoms with Crippen molar-refractivity contribution in [2.45, 2.75) is 47.1 Å². The van der Waals surface area contributed by atoms with Crippen LogP contribution >= 0.6 is 0 Å². The summed E-state index contributed by atoms with van der Waals surface area (Å²) in [5.74, 6) is -0.398. The first-order chi connectivity index (χ1) is 13.3. The van der Waals surface area contributed by atoms with Crippen LogP contribution in [-0.4, -0.2) is 37.6 Å². The molecule has 8 heteroatoms. The Balaban J connectivity index is 1.67. The Labute approximate surface area is 163 Å². The lowest BCUT2D eigenvalue weighted by atomic mass is 10.1. The molecule has 2 heterocycles. The number of nitrogens with zero attached hydrogens (tertiary/aromatic N) is 4. The Morgan fingerprint density at radius 3 is 2.71 bits per heavy atom. The van der Waals surface area contributed by atoms with Crippen molar-refractivity contribution in [3.8, 4) is 0 Å². The predicted molar refractivity (Wildman–Crippen MR) is 104 cm³/mol. The monoisotopic (exact) mass is 381 g/mol. The van der Waals surface area contributed by atoms with E-state index in [1.54, 1.807) is 18.4 Å². The highest BCUT2D eigenvalue weighted by Crippen LogP contribution is 2.18. The number of carbonyl (C=O) groups is 2. The van der Waals surface area contributed by atoms with Gasteiger partial charge in [-0.3, -0.25) is 9.59 Å². The van der Waals surface area contributed by atoms with Gasteiger partial charge in [-0.2, -0.15) is 10.1 Å². The van der Waals surface area contributed by atoms with Gasteiger partial charge in [0.05, 0.1) is 6.42 Å². The second-order valence-corrected chi connectivity index (χ2v) is 6.85. The first-order valence-electron chi connectivity index (χ1n) is 8.99. The van der Waals surface area contributed by atoms with Gasteiger partial charge in [0.25, 0.3) is 11.7 Å². The summed E-state index contributed by atoms with van der Waals surface area (Å²) < 4.78 is 6.91. The fourth-order valence-electron chi connectivity index (χ4n) is 2.95. The van der Waals surface area contributed by atoms with Crippen LogP contribution in [0.4, 0.5) is 5.69 Å². The predicted octanol–water partition coefficient (Wildman–Crippen LogP) is 2.47. The molecule has 0 saturated carbocycles. The van der Waals surface area contributed by atoms with Gasteiger partial charge in [-0.05, 0) is 51.8 Å². The summed E-state index contributed by atoms with van der Waals surface area (Å²) in [6.45, 7) is 9.06. The number of aromatic nitrogens is 4. The SMILES string of the molecule is Cc1ccc(C)c(NC(=O)[C@@H](C)OC(=O)Cc2c(C)nc3ncnn3c2C)c1. The number of rotatable bonds is 5. The van der Waals surface area contributed by atoms with Crippen molar-refractivity contribution >= 4 is 23.3 Å². The number of amides is 1. The van der Waals surface area contributed by atoms with Crippen molar-refractivity contribution in [2.75, 3.05) is 5.32 Å². The molecule has 0 radical (unpaired) electrons. The van der Waals surface area contributed by atoms with Gasteiger partial charge in [-0.15, -0.1) is 0 Å². The van der Waals surface area contributed by atoms with Crippen LogP contribution in [0.25, 0.3) is 5.78 Å². The summed E-state index contributed by atoms with van der Waals surface area (Å²) in [6, 6.07) is 5.78. The minimum atomic E-state index is -0.920. The van der Waals surface area contributed by atoms with E-state index >= 15 is 0 Å². The number of fused-ring (bicyclic) bond motifs is 1. The van der Waals surface area contributed by atoms with E-state index in [1.807, 2.05) is 39.0 Å². The maximum Gasteiger partial charge on any atom is 0.311 e. The minimum absolute atomic E-state index is 0.00155. The van der Waals surface area contributed by atoms with Crippen LogP contribution in [-0.2, 0) is 20.7 Å². The van der Waals surface area contributed by atoms with Crippen molar-refractivity contribution in [2.24, 2.45) is 0 Å². The molecule has 2 aromatic heterocycles. The standard InChI is InChI=1S/C20H23N5O3/c1-11-6-7-12(2)17(8-11)24-19(27)15(5)28-18(26)9-16-13(3)23-20-21-10-22-25(20)14(16)4/h6-8,10,15H,9H2,1-5H3,(H,24,27)/t15-/m1/s1. The number of benzene rings is 1. The van der Waals surface area contributed by atoms with Crippen molar-refractivity contribution in [1.29, 1.82) is 0 Å². The summed E-state index contributed by atoms with van der Waals surface area (Å²) in [5.41, 5.74) is 4.85. The number of hydrogen-bond donors (Lipinski definition) is 1. The van der Waals surface area contributed by atoms with Gasteiger partial charge in [0.1, 0.15) is 6.33 Å². The lowest BCUT2D eigenvalue weighted by molar-refractivity contribution is -0.152. The quantitative estimate of drug-likeness (QED) is 0.682. The molecular formula is C20H23N5O3. The van der Waals surface area contributed by atoms with Gasteiger partial charge in [0, 0.05) is 22.6 Å². The number of esters is 1. The summed E-state index contributed by atoms with van der Waals surface area (Å²) >= 11 is 0. The van der Waals surface area contributed by atoms with E-state index in [-0.39, 0.29) is 12.3 Å². The van der Waals surface area contributed by atoms with Gasteiger partial charge in [-0.1, -0.05) is 12.1 Å². The average Bonchev–Trinajstić information content (AvgIpc) is 3.10. The third-order valence-corrected chi connectivity index (χ3v) is 4.64. The van der Waals surface area contributed by atoms with Crippen LogP contribution in [0.15, 0.2) is 24.5 Å². The van der Waals surface area contributed by atoms with E-state index in [4.69, 9.17) is 4.74 Å². The Bertz CT molecular complexity index is 1060. The molecule has 0 aliphatic rings. The van der Waals surface area contributed by atoms with Gasteiger partial charge < -0.3 is 10.1 Å². The van der Waals surface area contributed by atoms with Gasteiger partial charge >= 0.3 is 5.97 Å². The largest absolute Gasteiger partial charge is 0.452 e. The van der Waals surface area contributed by atoms with Gasteiger partial charge in [0.15, 0.2) is 6.10 Å². The van der Waals surface area contributed by atoms with E-state index < -0.39 is 12.1 Å². The number of hydrogen-bond acceptors (Lipinski definition) is 6. The highest BCUT2D eigenvalue weighted by atomic mass is 16.5. The van der Waals surface area contributed by atoms with E-state index in [0.29, 0.717) is 22.7 Å². The van der Waals surface area contributed by atoms with Crippen LogP contribution < -0.4 is 5.32 Å². The van der Waals surface area contributed by atoms with Gasteiger partial charge in [-0.25, -0.2) is 9.50 Å². The summed E-state index contributed by atoms with van der Waals surface area (Å²) in [4.78, 5) is 33.2. The minimum Gasteiger partial charge on any atom is -0.452 e. The van der Waals surface area contributed by atoms with E-state index in [0.717, 1.165) is 16.8 Å². The zero-order valence-electron chi connectivity index (χ0n) is 16.6. The molecule has 0 fully saturated rings. The van der Waals surface area contributed by atoms with Crippen LogP contribution in [0.3, 0.4) is 0 Å². The van der Waals surface area contributed by atoms with Gasteiger partial charge in [0.2, 0.25) is 0 Å². The van der Waals surface area contributed by atoms with E-state index in [2.05, 4.69) is 20.4 Å². The molecule has 0 bridgehead atoms. The first kappa shape index (κ1) is 19.5. The zero-order chi connectivity index (χ0) is 20.4. The summed E-state index contributed by atoms with van der Waals surface area (Å²) in [7, 11) is 0. The molecule has 0 unspecified atom stereocenters. The Morgan fingerprint density at radius 1 is 1.21 bits per heavy atom. The van der Waals surface area contributed by atoms with Crippen LogP contribution in [0, 0.1) is 27.7 Å². The average molecular weight is 381 g/mol. The molecule has 0 aliphatic carbocycles. The highest BCUT2D eigenvalue weighted by Gasteiger charge is 2.21. The number of nitrogens with one attached hydrogen (secondary N) is 1. The normalized spacial score (nSPS) is 12.0.